The highest BCUT2D eigenvalue weighted by molar-refractivity contribution is 6.35. The number of aromatic nitrogens is 4. The van der Waals surface area contributed by atoms with Gasteiger partial charge in [-0.1, -0.05) is 136 Å². The van der Waals surface area contributed by atoms with Crippen molar-refractivity contribution >= 4 is 222 Å². The van der Waals surface area contributed by atoms with E-state index in [4.69, 9.17) is 137 Å². The lowest BCUT2D eigenvalue weighted by molar-refractivity contribution is -0.140. The number of aliphatic imine (C=N–C) groups is 1. The van der Waals surface area contributed by atoms with Crippen molar-refractivity contribution in [1.82, 2.24) is 39.5 Å². The van der Waals surface area contributed by atoms with Gasteiger partial charge >= 0.3 is 23.9 Å². The molecular formula is C103H93Cl7N20O20. The Morgan fingerprint density at radius 2 is 0.593 bits per heavy atom. The number of nitrogens with zero attached hydrogens (tertiary/aromatic N) is 9. The normalized spacial score (nSPS) is 12.2. The molecule has 3 aliphatic heterocycles. The van der Waals surface area contributed by atoms with Gasteiger partial charge in [0.15, 0.2) is 26.4 Å². The number of pyridine rings is 4. The summed E-state index contributed by atoms with van der Waals surface area (Å²) in [7, 11) is 5.40. The van der Waals surface area contributed by atoms with Gasteiger partial charge < -0.3 is 102 Å². The second-order valence-electron chi connectivity index (χ2n) is 33.1. The predicted octanol–water partition coefficient (Wildman–Crippen LogP) is 17.9. The molecule has 0 radical (unpaired) electrons. The zero-order chi connectivity index (χ0) is 108. The van der Waals surface area contributed by atoms with Crippen LogP contribution >= 0.6 is 81.2 Å². The Bertz CT molecular complexity index is 7140. The molecule has 2 saturated heterocycles. The first-order valence-corrected chi connectivity index (χ1v) is 47.9. The van der Waals surface area contributed by atoms with E-state index in [1.807, 2.05) is 28.7 Å². The fourth-order valence-electron chi connectivity index (χ4n) is 14.6. The number of likely N-dealkylation sites (N-methyl/N-ethyl adjacent to an activating group) is 1. The second kappa shape index (κ2) is 52.9. The standard InChI is InChI=1S/C28H28ClN5O5.C26H23Cl2N5O5.C25H21Cl2N5O5.C24H21Cl2N5O5/c1-17-5-10-23(31-15-17)32-28(38)21-13-20(29)14-22(39-16-24(35)36)25(21)33-27(37)19-8-6-18(7-9-19)26(30)34-11-3-2-4-12-34;27-17-7-8-21(30-13-17)31-26(37)19-11-18(28)12-20(38-14-22(34)35)23(19)32-25(36)16-5-3-15(4-6-16)24(29)33-9-1-2-10-33;1-32-9-8-28-23(32)14-2-4-15(5-3-14)24(35)31-22-18(10-17(27)11-19(22)37-13-21(33)34)25(36)30-20-7-6-16(26)12-29-20;1-31(2)22(27)13-3-5-14(6-4-13)23(34)30-21-17(9-16(26)10-18(21)36-12-20(32)33)24(35)29-19-8-7-15(25)11-28-19/h5-10,13-15,30H,2-4,11-12,16H2,1H3,(H,33,37)(H,35,36)(H,31,32,38);3-8,11-13,29H,1-2,9-10,14H2,(H,32,36)(H,34,35)(H,30,31,37);2-7,10-12H,8-9,13H2,1H3,(H,31,35)(H,33,34)(H,29,30,36);3-11,27H,12H2,1-2H3,(H,30,34)(H,32,33)(H,28,29,35). The Morgan fingerprint density at radius 3 is 0.847 bits per heavy atom. The van der Waals surface area contributed by atoms with Crippen molar-refractivity contribution in [3.05, 3.63) is 326 Å². The minimum absolute atomic E-state index is 0.0397. The molecule has 8 amide bonds. The molecule has 15 rings (SSSR count). The van der Waals surface area contributed by atoms with Gasteiger partial charge in [0.25, 0.3) is 47.3 Å². The highest BCUT2D eigenvalue weighted by Gasteiger charge is 2.30. The maximum Gasteiger partial charge on any atom is 0.341 e. The van der Waals surface area contributed by atoms with E-state index in [0.29, 0.717) is 55.5 Å². The number of anilines is 8. The molecule has 0 spiro atoms. The molecule has 12 aromatic rings. The molecule has 0 atom stereocenters. The molecule has 8 aromatic carbocycles. The number of piperidine rings is 1. The zero-order valence-corrected chi connectivity index (χ0v) is 85.2. The number of benzene rings is 8. The van der Waals surface area contributed by atoms with E-state index in [0.717, 1.165) is 81.8 Å². The van der Waals surface area contributed by atoms with Gasteiger partial charge in [-0.2, -0.15) is 0 Å². The summed E-state index contributed by atoms with van der Waals surface area (Å²) in [6.45, 7) is 3.83. The van der Waals surface area contributed by atoms with Gasteiger partial charge in [0.2, 0.25) is 0 Å². The SMILES string of the molecule is CN(C)C(=N)c1ccc(C(=O)Nc2c(OCC(=O)O)cc(Cl)cc2C(=O)Nc2ccc(Cl)cn2)cc1.CN1CCN=C1c1ccc(C(=O)Nc2c(OCC(=O)O)cc(Cl)cc2C(=O)Nc2ccc(Cl)cn2)cc1.Cc1ccc(NC(=O)c2cc(Cl)cc(OCC(=O)O)c2NC(=O)c2ccc(C(=N)N3CCCCC3)cc2)nc1.N=C(c1ccc(C(=O)Nc2c(OCC(=O)O)cc(Cl)cc2C(=O)Nc2ccc(Cl)cn2)cc1)N1CCCC1. The molecule has 40 nitrogen and oxygen atoms in total. The van der Waals surface area contributed by atoms with Gasteiger partial charge in [-0.15, -0.1) is 0 Å². The molecule has 2 fully saturated rings. The smallest absolute Gasteiger partial charge is 0.341 e. The number of rotatable bonds is 32. The topological polar surface area (TPSA) is 567 Å². The number of aliphatic carboxylic acids is 4. The van der Waals surface area contributed by atoms with Crippen LogP contribution in [0.15, 0.2) is 224 Å². The van der Waals surface area contributed by atoms with Gasteiger partial charge in [-0.25, -0.2) is 39.1 Å². The summed E-state index contributed by atoms with van der Waals surface area (Å²) in [5.74, 6) is -7.55. The molecule has 7 heterocycles. The number of aryl methyl sites for hydroxylation is 1. The first kappa shape index (κ1) is 112. The molecule has 0 unspecified atom stereocenters. The maximum absolute atomic E-state index is 13.2. The van der Waals surface area contributed by atoms with Crippen molar-refractivity contribution in [2.75, 3.05) is 129 Å². The van der Waals surface area contributed by atoms with Crippen molar-refractivity contribution in [3.63, 3.8) is 0 Å². The molecule has 774 valence electrons. The van der Waals surface area contributed by atoms with Gasteiger partial charge in [0.05, 0.1) is 66.6 Å². The fraction of sp³-hybridized carbons (Fsp3) is 0.184. The average molecular weight is 2180 g/mol. The van der Waals surface area contributed by atoms with E-state index in [1.165, 1.54) is 104 Å². The number of amides is 8. The Kier molecular flexibility index (Phi) is 39.5. The first-order valence-electron chi connectivity index (χ1n) is 45.3. The fourth-order valence-corrected chi connectivity index (χ4v) is 15.7. The van der Waals surface area contributed by atoms with E-state index in [1.54, 1.807) is 134 Å². The van der Waals surface area contributed by atoms with E-state index >= 15 is 0 Å². The van der Waals surface area contributed by atoms with Crippen LogP contribution in [-0.2, 0) is 19.2 Å². The van der Waals surface area contributed by atoms with Crippen LogP contribution in [0.5, 0.6) is 23.0 Å². The second-order valence-corrected chi connectivity index (χ2v) is 36.1. The van der Waals surface area contributed by atoms with E-state index in [9.17, 15) is 57.5 Å². The number of nitrogens with one attached hydrogen (secondary N) is 11. The summed E-state index contributed by atoms with van der Waals surface area (Å²) >= 11 is 42.3. The Hall–Kier alpha value is -16.9. The molecule has 3 aliphatic rings. The Balaban J connectivity index is 0.000000177. The molecular weight excluding hydrogens is 2090 g/mol. The van der Waals surface area contributed by atoms with Gasteiger partial charge in [-0.05, 0) is 160 Å². The van der Waals surface area contributed by atoms with Gasteiger partial charge in [0, 0.05) is 168 Å². The van der Waals surface area contributed by atoms with Crippen LogP contribution in [0.4, 0.5) is 46.0 Å². The maximum atomic E-state index is 13.2. The van der Waals surface area contributed by atoms with Crippen LogP contribution < -0.4 is 61.5 Å². The average Bonchev–Trinajstić information content (AvgIpc) is 0.865. The quantitative estimate of drug-likeness (QED) is 0.0137. The van der Waals surface area contributed by atoms with Crippen LogP contribution in [0.1, 0.15) is 143 Å². The van der Waals surface area contributed by atoms with Crippen LogP contribution in [0, 0.1) is 23.2 Å². The monoisotopic (exact) mass is 2170 g/mol. The lowest BCUT2D eigenvalue weighted by atomic mass is 10.1. The third kappa shape index (κ3) is 31.8. The summed E-state index contributed by atoms with van der Waals surface area (Å²) in [5, 5.41) is 83.7. The predicted molar refractivity (Wildman–Crippen MR) is 569 cm³/mol. The highest BCUT2D eigenvalue weighted by Crippen LogP contribution is 2.40. The highest BCUT2D eigenvalue weighted by atomic mass is 35.5. The van der Waals surface area contributed by atoms with Crippen molar-refractivity contribution in [3.8, 4) is 23.0 Å². The van der Waals surface area contributed by atoms with E-state index in [2.05, 4.69) is 67.5 Å². The minimum Gasteiger partial charge on any atom is -0.480 e. The summed E-state index contributed by atoms with van der Waals surface area (Å²) in [4.78, 5) is 178. The number of hydrogen-bond acceptors (Lipinski definition) is 25. The molecule has 4 aromatic heterocycles. The number of ether oxygens (including phenoxy) is 4. The van der Waals surface area contributed by atoms with E-state index < -0.39 is 97.6 Å². The number of likely N-dealkylation sites (tertiary alicyclic amines) is 2. The largest absolute Gasteiger partial charge is 0.480 e. The molecule has 0 aliphatic carbocycles. The molecule has 15 N–H and O–H groups in total. The van der Waals surface area contributed by atoms with Crippen LogP contribution in [-0.4, -0.2) is 241 Å². The Labute approximate surface area is 891 Å². The molecule has 0 bridgehead atoms. The van der Waals surface area contributed by atoms with Crippen LogP contribution in [0.2, 0.25) is 35.2 Å². The van der Waals surface area contributed by atoms with Gasteiger partial charge in [-0.3, -0.25) is 59.6 Å². The third-order valence-electron chi connectivity index (χ3n) is 21.9. The number of carbonyl (C=O) groups is 12. The number of carboxylic acid groups (broad SMARTS) is 4. The van der Waals surface area contributed by atoms with Crippen LogP contribution in [0.25, 0.3) is 0 Å². The summed E-state index contributed by atoms with van der Waals surface area (Å²) in [6, 6.07) is 49.2. The lowest BCUT2D eigenvalue weighted by Gasteiger charge is -2.29. The number of carbonyl (C=O) groups excluding carboxylic acids is 8. The number of hydrogen-bond donors (Lipinski definition) is 15. The first-order chi connectivity index (χ1) is 71.7. The summed E-state index contributed by atoms with van der Waals surface area (Å²) < 4.78 is 21.3. The number of amidine groups is 4. The van der Waals surface area contributed by atoms with Crippen molar-refractivity contribution in [2.24, 2.45) is 4.99 Å². The molecule has 150 heavy (non-hydrogen) atoms. The van der Waals surface area contributed by atoms with E-state index in [-0.39, 0.29) is 134 Å². The van der Waals surface area contributed by atoms with Crippen molar-refractivity contribution in [1.29, 1.82) is 16.2 Å². The summed E-state index contributed by atoms with van der Waals surface area (Å²) in [5.41, 5.74) is 4.31. The zero-order valence-electron chi connectivity index (χ0n) is 79.9. The number of carboxylic acids is 4. The third-order valence-corrected chi connectivity index (χ3v) is 23.5. The lowest BCUT2D eigenvalue weighted by Crippen LogP contribution is -2.35. The number of halogens is 7. The van der Waals surface area contributed by atoms with Crippen molar-refractivity contribution in [2.45, 2.75) is 39.0 Å². The summed E-state index contributed by atoms with van der Waals surface area (Å²) in [6.07, 6.45) is 11.0. The van der Waals surface area contributed by atoms with Gasteiger partial charge in [0.1, 0.15) is 69.6 Å². The van der Waals surface area contributed by atoms with Crippen LogP contribution in [0.3, 0.4) is 0 Å². The molecule has 0 saturated carbocycles. The minimum atomic E-state index is -1.26. The van der Waals surface area contributed by atoms with Crippen molar-refractivity contribution < 1.29 is 96.9 Å². The Morgan fingerprint density at radius 1 is 0.327 bits per heavy atom. The molecule has 47 heteroatoms.